The molecule has 0 heterocycles. The van der Waals surface area contributed by atoms with Crippen molar-refractivity contribution in [2.45, 2.75) is 12.8 Å². The van der Waals surface area contributed by atoms with Gasteiger partial charge in [0.15, 0.2) is 0 Å². The number of hydrogen-bond acceptors (Lipinski definition) is 3. The summed E-state index contributed by atoms with van der Waals surface area (Å²) in [6.07, 6.45) is -4.34. The van der Waals surface area contributed by atoms with Crippen molar-refractivity contribution in [3.05, 3.63) is 24.3 Å². The Morgan fingerprint density at radius 2 is 1.88 bits per heavy atom. The van der Waals surface area contributed by atoms with Crippen LogP contribution in [0.3, 0.4) is 0 Å². The largest absolute Gasteiger partial charge is 0.573 e. The summed E-state index contributed by atoms with van der Waals surface area (Å²) >= 11 is 0. The maximum atomic E-state index is 11.8. The molecule has 0 atom stereocenters. The Morgan fingerprint density at radius 3 is 2.38 bits per heavy atom. The van der Waals surface area contributed by atoms with Crippen LogP contribution in [-0.4, -0.2) is 12.9 Å². The van der Waals surface area contributed by atoms with E-state index in [0.29, 0.717) is 18.7 Å². The number of benzene rings is 1. The van der Waals surface area contributed by atoms with Crippen LogP contribution in [0.25, 0.3) is 0 Å². The van der Waals surface area contributed by atoms with Crippen LogP contribution in [0.4, 0.5) is 18.9 Å². The molecular weight excluding hydrogens is 221 g/mol. The summed E-state index contributed by atoms with van der Waals surface area (Å²) in [6.45, 7) is 0.454. The number of nitrogens with zero attached hydrogens (tertiary/aromatic N) is 1. The Morgan fingerprint density at radius 1 is 1.25 bits per heavy atom. The van der Waals surface area contributed by atoms with E-state index in [-0.39, 0.29) is 5.75 Å². The van der Waals surface area contributed by atoms with Crippen LogP contribution in [-0.2, 0) is 0 Å². The molecule has 0 amide bonds. The van der Waals surface area contributed by atoms with Crippen LogP contribution in [0.2, 0.25) is 0 Å². The molecule has 0 saturated carbocycles. The van der Waals surface area contributed by atoms with Gasteiger partial charge in [-0.1, -0.05) is 0 Å². The fourth-order valence-corrected chi connectivity index (χ4v) is 1.04. The molecule has 0 radical (unpaired) electrons. The molecular formula is C10H9F3N2O. The van der Waals surface area contributed by atoms with Crippen LogP contribution >= 0.6 is 0 Å². The van der Waals surface area contributed by atoms with E-state index in [0.717, 1.165) is 0 Å². The van der Waals surface area contributed by atoms with Crippen LogP contribution in [0.1, 0.15) is 6.42 Å². The molecule has 6 heteroatoms. The third-order valence-electron chi connectivity index (χ3n) is 1.65. The summed E-state index contributed by atoms with van der Waals surface area (Å²) < 4.78 is 39.2. The Kier molecular flexibility index (Phi) is 4.00. The van der Waals surface area contributed by atoms with Crippen molar-refractivity contribution >= 4 is 5.69 Å². The number of halogens is 3. The molecule has 3 nitrogen and oxygen atoms in total. The molecule has 16 heavy (non-hydrogen) atoms. The second-order valence-corrected chi connectivity index (χ2v) is 2.91. The summed E-state index contributed by atoms with van der Waals surface area (Å²) in [5, 5.41) is 11.2. The van der Waals surface area contributed by atoms with Crippen molar-refractivity contribution < 1.29 is 17.9 Å². The molecule has 0 spiro atoms. The lowest BCUT2D eigenvalue weighted by Crippen LogP contribution is -2.17. The molecule has 1 aromatic carbocycles. The zero-order valence-electron chi connectivity index (χ0n) is 8.21. The Labute approximate surface area is 90.4 Å². The first-order valence-corrected chi connectivity index (χ1v) is 4.48. The van der Waals surface area contributed by atoms with E-state index in [1.165, 1.54) is 24.3 Å². The van der Waals surface area contributed by atoms with Crippen molar-refractivity contribution in [2.75, 3.05) is 11.9 Å². The molecule has 0 aliphatic carbocycles. The number of hydrogen-bond donors (Lipinski definition) is 1. The number of rotatable bonds is 4. The fraction of sp³-hybridized carbons (Fsp3) is 0.300. The molecule has 0 bridgehead atoms. The number of alkyl halides is 3. The van der Waals surface area contributed by atoms with Crippen molar-refractivity contribution in [2.24, 2.45) is 0 Å². The molecule has 1 rings (SSSR count). The first kappa shape index (κ1) is 12.2. The Hall–Kier alpha value is -1.90. The van der Waals surface area contributed by atoms with Gasteiger partial charge in [0.25, 0.3) is 0 Å². The quantitative estimate of drug-likeness (QED) is 0.809. The third-order valence-corrected chi connectivity index (χ3v) is 1.65. The predicted molar refractivity (Wildman–Crippen MR) is 51.8 cm³/mol. The van der Waals surface area contributed by atoms with E-state index in [4.69, 9.17) is 5.26 Å². The van der Waals surface area contributed by atoms with E-state index in [1.807, 2.05) is 6.07 Å². The van der Waals surface area contributed by atoms with E-state index in [2.05, 4.69) is 10.1 Å². The average molecular weight is 230 g/mol. The molecule has 0 saturated heterocycles. The summed E-state index contributed by atoms with van der Waals surface area (Å²) in [7, 11) is 0. The summed E-state index contributed by atoms with van der Waals surface area (Å²) in [5.74, 6) is -0.265. The lowest BCUT2D eigenvalue weighted by atomic mass is 10.3. The van der Waals surface area contributed by atoms with Gasteiger partial charge in [0.2, 0.25) is 0 Å². The second-order valence-electron chi connectivity index (χ2n) is 2.91. The number of ether oxygens (including phenoxy) is 1. The maximum absolute atomic E-state index is 11.8. The van der Waals surface area contributed by atoms with Crippen LogP contribution in [0, 0.1) is 11.3 Å². The molecule has 0 aliphatic rings. The Balaban J connectivity index is 2.52. The summed E-state index contributed by atoms with van der Waals surface area (Å²) in [4.78, 5) is 0. The topological polar surface area (TPSA) is 45.0 Å². The minimum absolute atomic E-state index is 0.265. The van der Waals surface area contributed by atoms with Crippen molar-refractivity contribution in [3.8, 4) is 11.8 Å². The normalized spacial score (nSPS) is 10.6. The fourth-order valence-electron chi connectivity index (χ4n) is 1.04. The molecule has 0 aliphatic heterocycles. The average Bonchev–Trinajstić information content (AvgIpc) is 2.19. The predicted octanol–water partition coefficient (Wildman–Crippen LogP) is 2.91. The standard InChI is InChI=1S/C10H9F3N2O/c11-10(12,13)16-9-4-2-8(3-5-9)15-7-1-6-14/h2-5,15H,1,7H2. The van der Waals surface area contributed by atoms with Gasteiger partial charge in [0, 0.05) is 12.2 Å². The van der Waals surface area contributed by atoms with Crippen LogP contribution in [0.15, 0.2) is 24.3 Å². The van der Waals surface area contributed by atoms with Crippen LogP contribution < -0.4 is 10.1 Å². The van der Waals surface area contributed by atoms with Crippen LogP contribution in [0.5, 0.6) is 5.75 Å². The zero-order valence-corrected chi connectivity index (χ0v) is 8.21. The van der Waals surface area contributed by atoms with Gasteiger partial charge in [-0.25, -0.2) is 0 Å². The third kappa shape index (κ3) is 4.55. The van der Waals surface area contributed by atoms with Crippen molar-refractivity contribution in [3.63, 3.8) is 0 Å². The molecule has 0 fully saturated rings. The summed E-state index contributed by atoms with van der Waals surface area (Å²) in [5.41, 5.74) is 0.643. The highest BCUT2D eigenvalue weighted by atomic mass is 19.4. The zero-order chi connectivity index (χ0) is 12.0. The molecule has 86 valence electrons. The van der Waals surface area contributed by atoms with Gasteiger partial charge in [-0.3, -0.25) is 0 Å². The first-order chi connectivity index (χ1) is 7.51. The SMILES string of the molecule is N#CCCNc1ccc(OC(F)(F)F)cc1. The number of nitriles is 1. The first-order valence-electron chi connectivity index (χ1n) is 4.48. The number of nitrogens with one attached hydrogen (secondary N) is 1. The highest BCUT2D eigenvalue weighted by Gasteiger charge is 2.30. The van der Waals surface area contributed by atoms with E-state index in [9.17, 15) is 13.2 Å². The summed E-state index contributed by atoms with van der Waals surface area (Å²) in [6, 6.07) is 7.28. The minimum Gasteiger partial charge on any atom is -0.406 e. The van der Waals surface area contributed by atoms with Gasteiger partial charge in [0.1, 0.15) is 5.75 Å². The Bertz CT molecular complexity index is 367. The van der Waals surface area contributed by atoms with Gasteiger partial charge >= 0.3 is 6.36 Å². The van der Waals surface area contributed by atoms with E-state index >= 15 is 0 Å². The lowest BCUT2D eigenvalue weighted by molar-refractivity contribution is -0.274. The number of anilines is 1. The second kappa shape index (κ2) is 5.26. The van der Waals surface area contributed by atoms with Gasteiger partial charge in [-0.2, -0.15) is 5.26 Å². The van der Waals surface area contributed by atoms with Gasteiger partial charge in [-0.05, 0) is 24.3 Å². The van der Waals surface area contributed by atoms with Gasteiger partial charge in [-0.15, -0.1) is 13.2 Å². The highest BCUT2D eigenvalue weighted by Crippen LogP contribution is 2.23. The maximum Gasteiger partial charge on any atom is 0.573 e. The van der Waals surface area contributed by atoms with Gasteiger partial charge in [0.05, 0.1) is 12.5 Å². The van der Waals surface area contributed by atoms with E-state index < -0.39 is 6.36 Å². The monoisotopic (exact) mass is 230 g/mol. The highest BCUT2D eigenvalue weighted by molar-refractivity contribution is 5.46. The van der Waals surface area contributed by atoms with Crippen molar-refractivity contribution in [1.29, 1.82) is 5.26 Å². The minimum atomic E-state index is -4.67. The smallest absolute Gasteiger partial charge is 0.406 e. The molecule has 0 unspecified atom stereocenters. The molecule has 1 aromatic rings. The van der Waals surface area contributed by atoms with E-state index in [1.54, 1.807) is 0 Å². The molecule has 0 aromatic heterocycles. The molecule has 1 N–H and O–H groups in total. The van der Waals surface area contributed by atoms with Crippen molar-refractivity contribution in [1.82, 2.24) is 0 Å². The lowest BCUT2D eigenvalue weighted by Gasteiger charge is -2.09. The van der Waals surface area contributed by atoms with Gasteiger partial charge < -0.3 is 10.1 Å².